The number of aromatic nitrogens is 2. The Morgan fingerprint density at radius 3 is 2.61 bits per heavy atom. The van der Waals surface area contributed by atoms with Crippen LogP contribution in [0.15, 0.2) is 42.7 Å². The third kappa shape index (κ3) is 6.57. The number of benzene rings is 1. The van der Waals surface area contributed by atoms with Crippen molar-refractivity contribution in [3.8, 4) is 5.88 Å². The molecule has 3 aromatic rings. The van der Waals surface area contributed by atoms with Gasteiger partial charge < -0.3 is 25.0 Å². The van der Waals surface area contributed by atoms with Crippen LogP contribution >= 0.6 is 0 Å². The van der Waals surface area contributed by atoms with Gasteiger partial charge in [-0.3, -0.25) is 9.78 Å². The molecule has 2 aliphatic rings. The van der Waals surface area contributed by atoms with Crippen LogP contribution in [-0.2, 0) is 17.8 Å². The zero-order chi connectivity index (χ0) is 25.3. The summed E-state index contributed by atoms with van der Waals surface area (Å²) in [4.78, 5) is 21.2. The first kappa shape index (κ1) is 26.0. The van der Waals surface area contributed by atoms with Crippen LogP contribution in [0.1, 0.15) is 40.9 Å². The maximum Gasteiger partial charge on any atom is 0.221 e. The van der Waals surface area contributed by atoms with Gasteiger partial charge in [0.05, 0.1) is 30.8 Å². The molecule has 1 saturated carbocycles. The zero-order valence-electron chi connectivity index (χ0n) is 21.5. The van der Waals surface area contributed by atoms with E-state index in [4.69, 9.17) is 9.47 Å². The van der Waals surface area contributed by atoms with Crippen LogP contribution in [0.2, 0.25) is 0 Å². The van der Waals surface area contributed by atoms with Gasteiger partial charge in [-0.25, -0.2) is 4.98 Å². The van der Waals surface area contributed by atoms with Gasteiger partial charge in [-0.1, -0.05) is 12.5 Å². The normalized spacial score (nSPS) is 15.6. The fourth-order valence-electron chi connectivity index (χ4n) is 4.46. The largest absolute Gasteiger partial charge is 0.481 e. The molecule has 0 amide bonds. The van der Waals surface area contributed by atoms with E-state index in [1.54, 1.807) is 26.6 Å². The molecule has 36 heavy (non-hydrogen) atoms. The molecular formula is C28H37N5O3. The van der Waals surface area contributed by atoms with Crippen LogP contribution in [0, 0.1) is 5.92 Å². The van der Waals surface area contributed by atoms with Crippen LogP contribution in [0.4, 0.5) is 5.69 Å². The highest BCUT2D eigenvalue weighted by atomic mass is 16.5. The number of rotatable bonds is 10. The topological polar surface area (TPSA) is 88.6 Å². The molecule has 8 nitrogen and oxygen atoms in total. The third-order valence-electron chi connectivity index (χ3n) is 6.88. The molecule has 8 heteroatoms. The maximum atomic E-state index is 10.5. The van der Waals surface area contributed by atoms with Crippen molar-refractivity contribution >= 4 is 22.7 Å². The molecule has 1 saturated heterocycles. The average molecular weight is 492 g/mol. The number of aldehydes is 1. The van der Waals surface area contributed by atoms with E-state index in [0.29, 0.717) is 17.5 Å². The molecule has 1 aliphatic heterocycles. The molecule has 0 radical (unpaired) electrons. The predicted molar refractivity (Wildman–Crippen MR) is 143 cm³/mol. The minimum Gasteiger partial charge on any atom is -0.481 e. The van der Waals surface area contributed by atoms with Crippen molar-refractivity contribution in [1.82, 2.24) is 20.6 Å². The summed E-state index contributed by atoms with van der Waals surface area (Å²) in [7, 11) is 5.32. The monoisotopic (exact) mass is 491 g/mol. The number of anilines is 1. The Labute approximate surface area is 213 Å². The molecule has 2 aromatic heterocycles. The number of fused-ring (bicyclic) bond motifs is 1. The van der Waals surface area contributed by atoms with Gasteiger partial charge >= 0.3 is 0 Å². The van der Waals surface area contributed by atoms with E-state index in [2.05, 4.69) is 49.8 Å². The van der Waals surface area contributed by atoms with Gasteiger partial charge in [0, 0.05) is 50.4 Å². The number of hydrogen-bond donors (Lipinski definition) is 2. The summed E-state index contributed by atoms with van der Waals surface area (Å²) < 4.78 is 10.6. The van der Waals surface area contributed by atoms with Gasteiger partial charge in [0.15, 0.2) is 6.29 Å². The Kier molecular flexibility index (Phi) is 9.22. The SMILES string of the molecule is CNCc1cc2cc(CNCC3CCC3)ccc2c(OC)n1.COC1CN(c2cncc(C=O)c2)C1. The fourth-order valence-corrected chi connectivity index (χ4v) is 4.46. The number of hydrogen-bond acceptors (Lipinski definition) is 8. The lowest BCUT2D eigenvalue weighted by atomic mass is 9.85. The summed E-state index contributed by atoms with van der Waals surface area (Å²) in [6.07, 6.45) is 8.63. The summed E-state index contributed by atoms with van der Waals surface area (Å²) in [6, 6.07) is 10.5. The number of methoxy groups -OCH3 is 2. The minimum absolute atomic E-state index is 0.315. The Balaban J connectivity index is 0.000000187. The number of pyridine rings is 2. The van der Waals surface area contributed by atoms with Crippen molar-refractivity contribution < 1.29 is 14.3 Å². The Morgan fingerprint density at radius 2 is 1.94 bits per heavy atom. The standard InChI is InChI=1S/C18H25N3O.C10H12N2O2/c1-19-12-16-9-15-8-14(11-20-10-13-4-3-5-13)6-7-17(15)18(21-16)22-2;1-14-10-5-12(6-10)9-2-8(7-13)3-11-4-9/h6-9,13,19-20H,3-5,10-12H2,1-2H3;2-4,7,10H,5-6H2,1H3. The smallest absolute Gasteiger partial charge is 0.221 e. The lowest BCUT2D eigenvalue weighted by Gasteiger charge is -2.39. The van der Waals surface area contributed by atoms with Crippen molar-refractivity contribution in [2.24, 2.45) is 5.92 Å². The van der Waals surface area contributed by atoms with E-state index >= 15 is 0 Å². The molecule has 2 fully saturated rings. The number of nitrogens with one attached hydrogen (secondary N) is 2. The van der Waals surface area contributed by atoms with Crippen molar-refractivity contribution in [1.29, 1.82) is 0 Å². The van der Waals surface area contributed by atoms with Gasteiger partial charge in [0.1, 0.15) is 0 Å². The fraction of sp³-hybridized carbons (Fsp3) is 0.464. The van der Waals surface area contributed by atoms with Crippen LogP contribution in [0.5, 0.6) is 5.88 Å². The summed E-state index contributed by atoms with van der Waals surface area (Å²) in [5.41, 5.74) is 3.92. The molecule has 0 bridgehead atoms. The molecule has 0 atom stereocenters. The predicted octanol–water partition coefficient (Wildman–Crippen LogP) is 3.58. The molecular weight excluding hydrogens is 454 g/mol. The van der Waals surface area contributed by atoms with Crippen LogP contribution in [-0.4, -0.2) is 63.3 Å². The summed E-state index contributed by atoms with van der Waals surface area (Å²) in [5.74, 6) is 1.60. The van der Waals surface area contributed by atoms with Crippen LogP contribution < -0.4 is 20.3 Å². The van der Waals surface area contributed by atoms with E-state index in [-0.39, 0.29) is 0 Å². The summed E-state index contributed by atoms with van der Waals surface area (Å²) in [6.45, 7) is 4.57. The first-order chi connectivity index (χ1) is 17.6. The molecule has 2 N–H and O–H groups in total. The van der Waals surface area contributed by atoms with E-state index in [0.717, 1.165) is 61.7 Å². The summed E-state index contributed by atoms with van der Waals surface area (Å²) >= 11 is 0. The van der Waals surface area contributed by atoms with Crippen LogP contribution in [0.25, 0.3) is 10.8 Å². The van der Waals surface area contributed by atoms with Gasteiger partial charge in [0.25, 0.3) is 0 Å². The first-order valence-electron chi connectivity index (χ1n) is 12.6. The highest BCUT2D eigenvalue weighted by Gasteiger charge is 2.26. The Bertz CT molecular complexity index is 1150. The summed E-state index contributed by atoms with van der Waals surface area (Å²) in [5, 5.41) is 8.99. The van der Waals surface area contributed by atoms with Crippen molar-refractivity contribution in [2.45, 2.75) is 38.5 Å². The molecule has 1 aliphatic carbocycles. The van der Waals surface area contributed by atoms with Gasteiger partial charge in [-0.05, 0) is 67.6 Å². The molecule has 0 spiro atoms. The molecule has 3 heterocycles. The van der Waals surface area contributed by atoms with E-state index in [1.807, 2.05) is 13.1 Å². The third-order valence-corrected chi connectivity index (χ3v) is 6.88. The number of carbonyl (C=O) groups is 1. The molecule has 5 rings (SSSR count). The highest BCUT2D eigenvalue weighted by molar-refractivity contribution is 5.87. The molecule has 1 aromatic carbocycles. The molecule has 192 valence electrons. The van der Waals surface area contributed by atoms with E-state index in [9.17, 15) is 4.79 Å². The second kappa shape index (κ2) is 12.8. The quantitative estimate of drug-likeness (QED) is 0.416. The zero-order valence-corrected chi connectivity index (χ0v) is 21.5. The first-order valence-corrected chi connectivity index (χ1v) is 12.6. The van der Waals surface area contributed by atoms with Crippen molar-refractivity contribution in [3.63, 3.8) is 0 Å². The van der Waals surface area contributed by atoms with E-state index < -0.39 is 0 Å². The highest BCUT2D eigenvalue weighted by Crippen LogP contribution is 2.27. The van der Waals surface area contributed by atoms with Gasteiger partial charge in [-0.2, -0.15) is 0 Å². The number of ether oxygens (including phenoxy) is 2. The second-order valence-corrected chi connectivity index (χ2v) is 9.49. The van der Waals surface area contributed by atoms with Crippen LogP contribution in [0.3, 0.4) is 0 Å². The Hall–Kier alpha value is -3.07. The minimum atomic E-state index is 0.315. The second-order valence-electron chi connectivity index (χ2n) is 9.49. The molecule has 0 unspecified atom stereocenters. The van der Waals surface area contributed by atoms with Gasteiger partial charge in [0.2, 0.25) is 5.88 Å². The average Bonchev–Trinajstić information content (AvgIpc) is 2.85. The van der Waals surface area contributed by atoms with Crippen molar-refractivity contribution in [3.05, 3.63) is 59.5 Å². The van der Waals surface area contributed by atoms with E-state index in [1.165, 1.54) is 30.2 Å². The van der Waals surface area contributed by atoms with Gasteiger partial charge in [-0.15, -0.1) is 0 Å². The number of nitrogens with zero attached hydrogens (tertiary/aromatic N) is 3. The van der Waals surface area contributed by atoms with Crippen molar-refractivity contribution in [2.75, 3.05) is 45.8 Å². The maximum absolute atomic E-state index is 10.5. The number of carbonyl (C=O) groups excluding carboxylic acids is 1. The Morgan fingerprint density at radius 1 is 1.11 bits per heavy atom. The lowest BCUT2D eigenvalue weighted by Crippen LogP contribution is -2.51. The lowest BCUT2D eigenvalue weighted by molar-refractivity contribution is 0.0787.